The Morgan fingerprint density at radius 1 is 1.34 bits per heavy atom. The molecule has 32 heavy (non-hydrogen) atoms. The lowest BCUT2D eigenvalue weighted by molar-refractivity contribution is -0.125. The van der Waals surface area contributed by atoms with Crippen molar-refractivity contribution < 1.29 is 4.79 Å². The summed E-state index contributed by atoms with van der Waals surface area (Å²) in [5.74, 6) is 0.257. The topological polar surface area (TPSA) is 128 Å². The number of carbonyl (C=O) groups excluding carboxylic acids is 1. The fourth-order valence-corrected chi connectivity index (χ4v) is 4.53. The Hall–Kier alpha value is -3.17. The van der Waals surface area contributed by atoms with Crippen molar-refractivity contribution in [3.05, 3.63) is 47.5 Å². The minimum atomic E-state index is -0.919. The maximum Gasteiger partial charge on any atom is 0.242 e. The maximum atomic E-state index is 12.8. The summed E-state index contributed by atoms with van der Waals surface area (Å²) in [5.41, 5.74) is 15.5. The quantitative estimate of drug-likeness (QED) is 0.521. The monoisotopic (exact) mass is 452 g/mol. The third-order valence-corrected chi connectivity index (χ3v) is 6.58. The van der Waals surface area contributed by atoms with Gasteiger partial charge in [0.25, 0.3) is 0 Å². The Bertz CT molecular complexity index is 1220. The number of carbonyl (C=O) groups is 1. The third kappa shape index (κ3) is 3.57. The number of nitrogens with zero attached hydrogens (tertiary/aromatic N) is 5. The lowest BCUT2D eigenvalue weighted by Gasteiger charge is -2.27. The first-order valence-corrected chi connectivity index (χ1v) is 11.0. The number of anilines is 2. The van der Waals surface area contributed by atoms with Crippen molar-refractivity contribution in [3.63, 3.8) is 0 Å². The standard InChI is InChI=1S/C22H25ClN8O/c1-2-14-15(9-31-12-28-18-19(24)26-11-27-20(18)31)17(6-5-16(14)23)30-8-7-22(25,10-30)21(32)29-13-3-4-13/h2,5-6,11-13H,1,3-4,7-10,25H2,(H,29,32)(H2,24,26,27). The molecule has 2 aliphatic rings. The number of aromatic nitrogens is 4. The zero-order valence-electron chi connectivity index (χ0n) is 17.6. The number of halogens is 1. The van der Waals surface area contributed by atoms with Crippen molar-refractivity contribution in [2.24, 2.45) is 5.73 Å². The second-order valence-electron chi connectivity index (χ2n) is 8.54. The van der Waals surface area contributed by atoms with Crippen molar-refractivity contribution in [1.82, 2.24) is 24.8 Å². The molecule has 5 rings (SSSR count). The van der Waals surface area contributed by atoms with E-state index in [9.17, 15) is 4.79 Å². The molecule has 9 nitrogen and oxygen atoms in total. The van der Waals surface area contributed by atoms with E-state index in [2.05, 4.69) is 31.7 Å². The SMILES string of the molecule is C=Cc1c(Cl)ccc(N2CCC(N)(C(=O)NC3CC3)C2)c1Cn1cnc2c(N)ncnc21. The van der Waals surface area contributed by atoms with E-state index >= 15 is 0 Å². The summed E-state index contributed by atoms with van der Waals surface area (Å²) < 4.78 is 1.90. The van der Waals surface area contributed by atoms with Gasteiger partial charge in [0, 0.05) is 35.4 Å². The number of nitrogen functional groups attached to an aromatic ring is 1. The van der Waals surface area contributed by atoms with Crippen LogP contribution in [0.5, 0.6) is 0 Å². The molecule has 2 aromatic heterocycles. The molecule has 1 atom stereocenters. The number of hydrogen-bond donors (Lipinski definition) is 3. The van der Waals surface area contributed by atoms with Crippen LogP contribution in [0.25, 0.3) is 17.2 Å². The highest BCUT2D eigenvalue weighted by Crippen LogP contribution is 2.35. The van der Waals surface area contributed by atoms with Crippen molar-refractivity contribution in [2.45, 2.75) is 37.4 Å². The normalized spacial score (nSPS) is 20.6. The van der Waals surface area contributed by atoms with Gasteiger partial charge in [0.2, 0.25) is 5.91 Å². The fraction of sp³-hybridized carbons (Fsp3) is 0.364. The Morgan fingerprint density at radius 2 is 2.16 bits per heavy atom. The molecule has 1 aliphatic carbocycles. The van der Waals surface area contributed by atoms with Crippen LogP contribution in [0, 0.1) is 0 Å². The summed E-state index contributed by atoms with van der Waals surface area (Å²) in [6.07, 6.45) is 7.49. The first kappa shape index (κ1) is 20.7. The highest BCUT2D eigenvalue weighted by atomic mass is 35.5. The number of hydrogen-bond acceptors (Lipinski definition) is 7. The van der Waals surface area contributed by atoms with Crippen LogP contribution < -0.4 is 21.7 Å². The van der Waals surface area contributed by atoms with E-state index < -0.39 is 5.54 Å². The first-order chi connectivity index (χ1) is 15.4. The lowest BCUT2D eigenvalue weighted by Crippen LogP contribution is -2.56. The van der Waals surface area contributed by atoms with E-state index in [1.807, 2.05) is 16.7 Å². The van der Waals surface area contributed by atoms with Crippen molar-refractivity contribution in [2.75, 3.05) is 23.7 Å². The molecular weight excluding hydrogens is 428 g/mol. The molecule has 1 aliphatic heterocycles. The first-order valence-electron chi connectivity index (χ1n) is 10.6. The van der Waals surface area contributed by atoms with Gasteiger partial charge in [0.05, 0.1) is 12.9 Å². The Morgan fingerprint density at radius 3 is 2.91 bits per heavy atom. The number of amides is 1. The summed E-state index contributed by atoms with van der Waals surface area (Å²) in [6, 6.07) is 4.10. The number of benzene rings is 1. The zero-order chi connectivity index (χ0) is 22.5. The highest BCUT2D eigenvalue weighted by Gasteiger charge is 2.43. The van der Waals surface area contributed by atoms with Crippen LogP contribution in [0.15, 0.2) is 31.4 Å². The number of rotatable bonds is 6. The van der Waals surface area contributed by atoms with Gasteiger partial charge >= 0.3 is 0 Å². The van der Waals surface area contributed by atoms with E-state index in [0.29, 0.717) is 48.1 Å². The van der Waals surface area contributed by atoms with E-state index in [-0.39, 0.29) is 11.9 Å². The lowest BCUT2D eigenvalue weighted by atomic mass is 9.99. The van der Waals surface area contributed by atoms with Crippen LogP contribution in [-0.4, -0.2) is 50.1 Å². The summed E-state index contributed by atoms with van der Waals surface area (Å²) in [6.45, 7) is 5.50. The molecule has 1 saturated heterocycles. The van der Waals surface area contributed by atoms with Gasteiger partial charge in [-0.05, 0) is 37.0 Å². The Balaban J connectivity index is 1.50. The summed E-state index contributed by atoms with van der Waals surface area (Å²) >= 11 is 6.51. The second kappa shape index (κ2) is 7.75. The summed E-state index contributed by atoms with van der Waals surface area (Å²) in [4.78, 5) is 27.6. The summed E-state index contributed by atoms with van der Waals surface area (Å²) in [5, 5.41) is 3.65. The molecule has 5 N–H and O–H groups in total. The molecule has 0 radical (unpaired) electrons. The summed E-state index contributed by atoms with van der Waals surface area (Å²) in [7, 11) is 0. The smallest absolute Gasteiger partial charge is 0.242 e. The highest BCUT2D eigenvalue weighted by molar-refractivity contribution is 6.32. The predicted octanol–water partition coefficient (Wildman–Crippen LogP) is 1.94. The predicted molar refractivity (Wildman–Crippen MR) is 125 cm³/mol. The maximum absolute atomic E-state index is 12.8. The molecule has 1 saturated carbocycles. The molecule has 2 fully saturated rings. The van der Waals surface area contributed by atoms with Gasteiger partial charge in [-0.2, -0.15) is 0 Å². The minimum Gasteiger partial charge on any atom is -0.382 e. The molecule has 3 heterocycles. The van der Waals surface area contributed by atoms with Gasteiger partial charge in [-0.15, -0.1) is 0 Å². The van der Waals surface area contributed by atoms with Gasteiger partial charge < -0.3 is 26.3 Å². The molecule has 1 unspecified atom stereocenters. The van der Waals surface area contributed by atoms with Crippen LogP contribution in [-0.2, 0) is 11.3 Å². The van der Waals surface area contributed by atoms with Gasteiger partial charge in [0.15, 0.2) is 11.5 Å². The van der Waals surface area contributed by atoms with E-state index in [1.54, 1.807) is 12.4 Å². The van der Waals surface area contributed by atoms with Crippen LogP contribution in [0.4, 0.5) is 11.5 Å². The molecule has 3 aromatic rings. The largest absolute Gasteiger partial charge is 0.382 e. The van der Waals surface area contributed by atoms with Crippen LogP contribution in [0.1, 0.15) is 30.4 Å². The molecule has 1 amide bonds. The Labute approximate surface area is 190 Å². The van der Waals surface area contributed by atoms with Crippen molar-refractivity contribution in [1.29, 1.82) is 0 Å². The van der Waals surface area contributed by atoms with Crippen molar-refractivity contribution >= 4 is 46.3 Å². The van der Waals surface area contributed by atoms with Crippen LogP contribution in [0.3, 0.4) is 0 Å². The van der Waals surface area contributed by atoms with E-state index in [4.69, 9.17) is 23.1 Å². The average molecular weight is 453 g/mol. The molecule has 0 bridgehead atoms. The van der Waals surface area contributed by atoms with Crippen LogP contribution >= 0.6 is 11.6 Å². The van der Waals surface area contributed by atoms with Crippen molar-refractivity contribution in [3.8, 4) is 0 Å². The van der Waals surface area contributed by atoms with Gasteiger partial charge in [-0.1, -0.05) is 24.3 Å². The Kier molecular flexibility index (Phi) is 5.02. The molecule has 0 spiro atoms. The minimum absolute atomic E-state index is 0.0743. The number of nitrogens with two attached hydrogens (primary N) is 2. The third-order valence-electron chi connectivity index (χ3n) is 6.25. The van der Waals surface area contributed by atoms with Gasteiger partial charge in [0.1, 0.15) is 17.4 Å². The number of imidazole rings is 1. The second-order valence-corrected chi connectivity index (χ2v) is 8.95. The van der Waals surface area contributed by atoms with E-state index in [0.717, 1.165) is 29.7 Å². The van der Waals surface area contributed by atoms with Gasteiger partial charge in [-0.25, -0.2) is 15.0 Å². The van der Waals surface area contributed by atoms with E-state index in [1.165, 1.54) is 6.33 Å². The zero-order valence-corrected chi connectivity index (χ0v) is 18.3. The molecule has 166 valence electrons. The average Bonchev–Trinajstić information content (AvgIpc) is 3.35. The van der Waals surface area contributed by atoms with Crippen LogP contribution in [0.2, 0.25) is 5.02 Å². The van der Waals surface area contributed by atoms with Gasteiger partial charge in [-0.3, -0.25) is 4.79 Å². The molecule has 1 aromatic carbocycles. The number of fused-ring (bicyclic) bond motifs is 1. The molecule has 10 heteroatoms. The molecular formula is C22H25ClN8O. The fourth-order valence-electron chi connectivity index (χ4n) is 4.27. The number of nitrogens with one attached hydrogen (secondary N) is 1.